The van der Waals surface area contributed by atoms with Gasteiger partial charge in [0.15, 0.2) is 0 Å². The number of carbonyl (C=O) groups excluding carboxylic acids is 1. The molecule has 0 unspecified atom stereocenters. The maximum absolute atomic E-state index is 11.9. The van der Waals surface area contributed by atoms with E-state index >= 15 is 0 Å². The molecule has 1 aromatic rings. The van der Waals surface area contributed by atoms with E-state index in [0.717, 1.165) is 11.1 Å². The van der Waals surface area contributed by atoms with Gasteiger partial charge in [-0.2, -0.15) is 4.31 Å². The molecule has 22 heavy (non-hydrogen) atoms. The second-order valence-electron chi connectivity index (χ2n) is 6.52. The van der Waals surface area contributed by atoms with Crippen LogP contribution in [0.4, 0.5) is 0 Å². The van der Waals surface area contributed by atoms with Crippen LogP contribution in [0.5, 0.6) is 0 Å². The molecule has 0 fully saturated rings. The molecular formula is C16H26N2O3S. The zero-order valence-corrected chi connectivity index (χ0v) is 14.8. The van der Waals surface area contributed by atoms with Gasteiger partial charge in [-0.25, -0.2) is 8.42 Å². The zero-order valence-electron chi connectivity index (χ0n) is 14.0. The molecule has 0 saturated carbocycles. The topological polar surface area (TPSA) is 66.5 Å². The summed E-state index contributed by atoms with van der Waals surface area (Å²) in [4.78, 5) is 11.9. The molecule has 0 aliphatic rings. The van der Waals surface area contributed by atoms with Crippen LogP contribution in [0.25, 0.3) is 0 Å². The third-order valence-electron chi connectivity index (χ3n) is 3.27. The van der Waals surface area contributed by atoms with Gasteiger partial charge in [0.1, 0.15) is 0 Å². The van der Waals surface area contributed by atoms with Crippen LogP contribution in [0.15, 0.2) is 24.3 Å². The highest BCUT2D eigenvalue weighted by molar-refractivity contribution is 7.88. The number of sulfonamides is 1. The molecule has 1 amide bonds. The molecule has 1 aromatic carbocycles. The van der Waals surface area contributed by atoms with Crippen LogP contribution < -0.4 is 5.32 Å². The van der Waals surface area contributed by atoms with Gasteiger partial charge < -0.3 is 5.32 Å². The Morgan fingerprint density at radius 2 is 1.73 bits per heavy atom. The molecule has 0 aliphatic heterocycles. The van der Waals surface area contributed by atoms with Crippen molar-refractivity contribution in [2.24, 2.45) is 0 Å². The van der Waals surface area contributed by atoms with Gasteiger partial charge in [0, 0.05) is 18.6 Å². The quantitative estimate of drug-likeness (QED) is 0.865. The lowest BCUT2D eigenvalue weighted by molar-refractivity contribution is -0.120. The van der Waals surface area contributed by atoms with E-state index < -0.39 is 15.6 Å². The Morgan fingerprint density at radius 3 is 2.18 bits per heavy atom. The number of amides is 1. The molecule has 0 atom stereocenters. The Balaban J connectivity index is 2.52. The van der Waals surface area contributed by atoms with E-state index in [1.165, 1.54) is 10.6 Å². The summed E-state index contributed by atoms with van der Waals surface area (Å²) in [6.45, 7) is 8.07. The summed E-state index contributed by atoms with van der Waals surface area (Å²) >= 11 is 0. The van der Waals surface area contributed by atoms with Crippen LogP contribution in [0.2, 0.25) is 0 Å². The molecule has 0 heterocycles. The minimum absolute atomic E-state index is 0.105. The fraction of sp³-hybridized carbons (Fsp3) is 0.562. The standard InChI is InChI=1S/C16H26N2O3S/c1-13-6-8-14(9-7-13)12-15(19)17-10-11-18(16(2,3)4)22(5,20)21/h6-9H,10-12H2,1-5H3,(H,17,19). The smallest absolute Gasteiger partial charge is 0.224 e. The van der Waals surface area contributed by atoms with Crippen molar-refractivity contribution in [2.75, 3.05) is 19.3 Å². The molecule has 0 spiro atoms. The first-order chi connectivity index (χ1) is 10.00. The van der Waals surface area contributed by atoms with Gasteiger partial charge in [-0.1, -0.05) is 29.8 Å². The third kappa shape index (κ3) is 6.15. The molecule has 0 saturated heterocycles. The van der Waals surface area contributed by atoms with Crippen molar-refractivity contribution in [1.29, 1.82) is 0 Å². The number of nitrogens with one attached hydrogen (secondary N) is 1. The van der Waals surface area contributed by atoms with Gasteiger partial charge in [0.25, 0.3) is 0 Å². The molecule has 6 heteroatoms. The average Bonchev–Trinajstić information content (AvgIpc) is 2.34. The van der Waals surface area contributed by atoms with Crippen LogP contribution >= 0.6 is 0 Å². The number of benzene rings is 1. The van der Waals surface area contributed by atoms with Gasteiger partial charge in [-0.05, 0) is 33.3 Å². The number of aryl methyl sites for hydroxylation is 1. The molecule has 0 aliphatic carbocycles. The number of hydrogen-bond acceptors (Lipinski definition) is 3. The first-order valence-electron chi connectivity index (χ1n) is 7.30. The summed E-state index contributed by atoms with van der Waals surface area (Å²) in [6.07, 6.45) is 1.49. The Labute approximate surface area is 133 Å². The van der Waals surface area contributed by atoms with Crippen molar-refractivity contribution in [1.82, 2.24) is 9.62 Å². The highest BCUT2D eigenvalue weighted by Crippen LogP contribution is 2.16. The minimum atomic E-state index is -3.30. The van der Waals surface area contributed by atoms with E-state index in [1.807, 2.05) is 52.0 Å². The summed E-state index contributed by atoms with van der Waals surface area (Å²) in [5.74, 6) is -0.105. The number of rotatable bonds is 6. The summed E-state index contributed by atoms with van der Waals surface area (Å²) in [5.41, 5.74) is 1.59. The molecule has 1 rings (SSSR count). The summed E-state index contributed by atoms with van der Waals surface area (Å²) in [5, 5.41) is 2.78. The highest BCUT2D eigenvalue weighted by Gasteiger charge is 2.28. The highest BCUT2D eigenvalue weighted by atomic mass is 32.2. The van der Waals surface area contributed by atoms with Gasteiger partial charge in [-0.15, -0.1) is 0 Å². The summed E-state index contributed by atoms with van der Waals surface area (Å²) in [6, 6.07) is 7.78. The third-order valence-corrected chi connectivity index (χ3v) is 4.80. The monoisotopic (exact) mass is 326 g/mol. The van der Waals surface area contributed by atoms with Gasteiger partial charge in [0.2, 0.25) is 15.9 Å². The summed E-state index contributed by atoms with van der Waals surface area (Å²) in [7, 11) is -3.30. The molecule has 0 bridgehead atoms. The van der Waals surface area contributed by atoms with Crippen molar-refractivity contribution >= 4 is 15.9 Å². The molecular weight excluding hydrogens is 300 g/mol. The van der Waals surface area contributed by atoms with E-state index in [9.17, 15) is 13.2 Å². The lowest BCUT2D eigenvalue weighted by Crippen LogP contribution is -2.48. The second kappa shape index (κ2) is 7.24. The molecule has 5 nitrogen and oxygen atoms in total. The van der Waals surface area contributed by atoms with E-state index in [1.54, 1.807) is 0 Å². The van der Waals surface area contributed by atoms with Crippen molar-refractivity contribution in [3.63, 3.8) is 0 Å². The maximum Gasteiger partial charge on any atom is 0.224 e. The second-order valence-corrected chi connectivity index (χ2v) is 8.43. The van der Waals surface area contributed by atoms with Gasteiger partial charge in [-0.3, -0.25) is 4.79 Å². The van der Waals surface area contributed by atoms with Crippen molar-refractivity contribution < 1.29 is 13.2 Å². The van der Waals surface area contributed by atoms with Crippen LogP contribution in [0, 0.1) is 6.92 Å². The lowest BCUT2D eigenvalue weighted by atomic mass is 10.1. The molecule has 124 valence electrons. The van der Waals surface area contributed by atoms with Crippen LogP contribution in [-0.4, -0.2) is 43.5 Å². The molecule has 0 aromatic heterocycles. The van der Waals surface area contributed by atoms with Crippen LogP contribution in [-0.2, 0) is 21.2 Å². The van der Waals surface area contributed by atoms with E-state index in [4.69, 9.17) is 0 Å². The minimum Gasteiger partial charge on any atom is -0.354 e. The average molecular weight is 326 g/mol. The van der Waals surface area contributed by atoms with E-state index in [0.29, 0.717) is 13.0 Å². The normalized spacial score (nSPS) is 12.5. The summed E-state index contributed by atoms with van der Waals surface area (Å²) < 4.78 is 25.0. The lowest BCUT2D eigenvalue weighted by Gasteiger charge is -2.33. The zero-order chi connectivity index (χ0) is 17.0. The predicted molar refractivity (Wildman–Crippen MR) is 89.2 cm³/mol. The number of nitrogens with zero attached hydrogens (tertiary/aromatic N) is 1. The molecule has 1 N–H and O–H groups in total. The van der Waals surface area contributed by atoms with E-state index in [2.05, 4.69) is 5.32 Å². The maximum atomic E-state index is 11.9. The Morgan fingerprint density at radius 1 is 1.18 bits per heavy atom. The van der Waals surface area contributed by atoms with Crippen LogP contribution in [0.3, 0.4) is 0 Å². The number of hydrogen-bond donors (Lipinski definition) is 1. The Bertz CT molecular complexity index is 601. The van der Waals surface area contributed by atoms with Crippen molar-refractivity contribution in [2.45, 2.75) is 39.7 Å². The fourth-order valence-electron chi connectivity index (χ4n) is 2.25. The largest absolute Gasteiger partial charge is 0.354 e. The predicted octanol–water partition coefficient (Wildman–Crippen LogP) is 1.71. The van der Waals surface area contributed by atoms with E-state index in [-0.39, 0.29) is 12.5 Å². The SMILES string of the molecule is Cc1ccc(CC(=O)NCCN(C(C)(C)C)S(C)(=O)=O)cc1. The number of carbonyl (C=O) groups is 1. The first-order valence-corrected chi connectivity index (χ1v) is 9.15. The first kappa shape index (κ1) is 18.6. The molecule has 0 radical (unpaired) electrons. The van der Waals surface area contributed by atoms with Gasteiger partial charge >= 0.3 is 0 Å². The van der Waals surface area contributed by atoms with Gasteiger partial charge in [0.05, 0.1) is 12.7 Å². The van der Waals surface area contributed by atoms with Crippen LogP contribution in [0.1, 0.15) is 31.9 Å². The van der Waals surface area contributed by atoms with Crippen molar-refractivity contribution in [3.05, 3.63) is 35.4 Å². The fourth-order valence-corrected chi connectivity index (χ4v) is 3.67. The van der Waals surface area contributed by atoms with Crippen molar-refractivity contribution in [3.8, 4) is 0 Å². The Hall–Kier alpha value is -1.40. The Kier molecular flexibility index (Phi) is 6.14.